The minimum absolute atomic E-state index is 0.159. The van der Waals surface area contributed by atoms with Crippen LogP contribution in [-0.4, -0.2) is 12.4 Å². The smallest absolute Gasteiger partial charge is 0.388 e. The van der Waals surface area contributed by atoms with E-state index in [9.17, 15) is 26.3 Å². The van der Waals surface area contributed by atoms with Gasteiger partial charge in [0, 0.05) is 0 Å². The van der Waals surface area contributed by atoms with Crippen LogP contribution in [-0.2, 0) is 5.41 Å². The number of hydrogen-bond donors (Lipinski definition) is 0. The summed E-state index contributed by atoms with van der Waals surface area (Å²) in [5.74, 6) is -0.159. The second-order valence-corrected chi connectivity index (χ2v) is 5.33. The van der Waals surface area contributed by atoms with Crippen LogP contribution >= 0.6 is 0 Å². The summed E-state index contributed by atoms with van der Waals surface area (Å²) >= 11 is 0. The Bertz CT molecular complexity index is 755. The molecule has 0 amide bonds. The highest BCUT2D eigenvalue weighted by molar-refractivity contribution is 5.46. The Morgan fingerprint density at radius 1 is 0.760 bits per heavy atom. The summed E-state index contributed by atoms with van der Waals surface area (Å²) in [5, 5.41) is 8.38. The van der Waals surface area contributed by atoms with Crippen molar-refractivity contribution in [1.82, 2.24) is 0 Å². The van der Waals surface area contributed by atoms with Gasteiger partial charge in [-0.2, -0.15) is 26.3 Å². The van der Waals surface area contributed by atoms with Gasteiger partial charge in [-0.3, -0.25) is 0 Å². The van der Waals surface area contributed by atoms with E-state index in [1.54, 1.807) is 6.92 Å². The van der Waals surface area contributed by atoms with Gasteiger partial charge in [0.25, 0.3) is 6.26 Å². The van der Waals surface area contributed by atoms with Gasteiger partial charge >= 0.3 is 12.4 Å². The molecule has 0 aliphatic carbocycles. The van der Waals surface area contributed by atoms with Crippen molar-refractivity contribution in [3.63, 3.8) is 0 Å². The highest BCUT2D eigenvalue weighted by Gasteiger charge is 2.72. The molecule has 0 spiro atoms. The molecule has 0 saturated heterocycles. The van der Waals surface area contributed by atoms with E-state index in [-0.39, 0.29) is 5.75 Å². The van der Waals surface area contributed by atoms with Gasteiger partial charge in [0.15, 0.2) is 0 Å². The average molecular weight is 359 g/mol. The second-order valence-electron chi connectivity index (χ2n) is 5.33. The molecule has 2 rings (SSSR count). The van der Waals surface area contributed by atoms with Gasteiger partial charge in [0.05, 0.1) is 0 Å². The molecule has 2 aromatic rings. The maximum atomic E-state index is 13.8. The Hall–Kier alpha value is -2.69. The summed E-state index contributed by atoms with van der Waals surface area (Å²) in [6.45, 7) is 1.56. The van der Waals surface area contributed by atoms with E-state index in [0.29, 0.717) is 17.7 Å². The van der Waals surface area contributed by atoms with Crippen LogP contribution < -0.4 is 4.74 Å². The Kier molecular flexibility index (Phi) is 4.71. The van der Waals surface area contributed by atoms with Crippen molar-refractivity contribution in [3.05, 3.63) is 65.2 Å². The fourth-order valence-corrected chi connectivity index (χ4v) is 2.61. The standard InChI is InChI=1S/C17H11F6NO/c1-11-2-4-12(5-3-11)15(16(18,19)20,17(21,22)23)13-6-8-14(9-7-13)25-10-24/h2-9H,1H3. The minimum atomic E-state index is -5.64. The van der Waals surface area contributed by atoms with Crippen LogP contribution in [0.3, 0.4) is 0 Å². The molecule has 2 aromatic carbocycles. The summed E-state index contributed by atoms with van der Waals surface area (Å²) in [6, 6.07) is 7.11. The molecule has 8 heteroatoms. The molecule has 0 aliphatic rings. The lowest BCUT2D eigenvalue weighted by molar-refractivity contribution is -0.288. The zero-order valence-electron chi connectivity index (χ0n) is 12.7. The third-order valence-electron chi connectivity index (χ3n) is 3.79. The van der Waals surface area contributed by atoms with E-state index in [1.807, 2.05) is 0 Å². The molecular formula is C17H11F6NO. The molecule has 0 fully saturated rings. The van der Waals surface area contributed by atoms with E-state index in [1.165, 1.54) is 18.4 Å². The zero-order valence-corrected chi connectivity index (χ0v) is 12.7. The molecule has 2 nitrogen and oxygen atoms in total. The zero-order chi connectivity index (χ0) is 18.9. The molecule has 0 unspecified atom stereocenters. The van der Waals surface area contributed by atoms with Crippen molar-refractivity contribution >= 4 is 0 Å². The number of nitrogens with zero attached hydrogens (tertiary/aromatic N) is 1. The fraction of sp³-hybridized carbons (Fsp3) is 0.235. The molecule has 0 radical (unpaired) electrons. The molecule has 0 aromatic heterocycles. The third-order valence-corrected chi connectivity index (χ3v) is 3.79. The van der Waals surface area contributed by atoms with Crippen LogP contribution in [0.5, 0.6) is 5.75 Å². The van der Waals surface area contributed by atoms with Gasteiger partial charge in [-0.1, -0.05) is 42.0 Å². The average Bonchev–Trinajstić information content (AvgIpc) is 2.49. The fourth-order valence-electron chi connectivity index (χ4n) is 2.61. The first kappa shape index (κ1) is 18.6. The quantitative estimate of drug-likeness (QED) is 0.553. The maximum Gasteiger partial charge on any atom is 0.411 e. The van der Waals surface area contributed by atoms with E-state index >= 15 is 0 Å². The van der Waals surface area contributed by atoms with Crippen LogP contribution in [0, 0.1) is 18.4 Å². The lowest BCUT2D eigenvalue weighted by Crippen LogP contribution is -2.54. The number of hydrogen-bond acceptors (Lipinski definition) is 2. The van der Waals surface area contributed by atoms with Crippen molar-refractivity contribution in [2.75, 3.05) is 0 Å². The molecule has 0 atom stereocenters. The van der Waals surface area contributed by atoms with Gasteiger partial charge in [-0.15, -0.1) is 5.26 Å². The van der Waals surface area contributed by atoms with Gasteiger partial charge in [-0.05, 0) is 30.2 Å². The molecule has 132 valence electrons. The predicted octanol–water partition coefficient (Wildman–Crippen LogP) is 5.27. The Morgan fingerprint density at radius 2 is 1.16 bits per heavy atom. The number of nitriles is 1. The summed E-state index contributed by atoms with van der Waals surface area (Å²) in [4.78, 5) is 0. The normalized spacial score (nSPS) is 12.6. The first-order chi connectivity index (χ1) is 11.5. The SMILES string of the molecule is Cc1ccc(C(c2ccc(OC#N)cc2)(C(F)(F)F)C(F)(F)F)cc1. The topological polar surface area (TPSA) is 33.0 Å². The number of rotatable bonds is 3. The minimum Gasteiger partial charge on any atom is -0.388 e. The molecule has 0 aliphatic heterocycles. The number of aryl methyl sites for hydroxylation is 1. The Morgan fingerprint density at radius 3 is 1.52 bits per heavy atom. The van der Waals surface area contributed by atoms with Gasteiger partial charge in [0.2, 0.25) is 5.41 Å². The van der Waals surface area contributed by atoms with Crippen LogP contribution in [0.25, 0.3) is 0 Å². The van der Waals surface area contributed by atoms with Crippen LogP contribution in [0.4, 0.5) is 26.3 Å². The number of ether oxygens (including phenoxy) is 1. The van der Waals surface area contributed by atoms with Gasteiger partial charge < -0.3 is 4.74 Å². The number of alkyl halides is 6. The van der Waals surface area contributed by atoms with Crippen molar-refractivity contribution in [1.29, 1.82) is 5.26 Å². The largest absolute Gasteiger partial charge is 0.411 e. The second kappa shape index (κ2) is 6.31. The summed E-state index contributed by atoms with van der Waals surface area (Å²) in [5.41, 5.74) is -5.62. The summed E-state index contributed by atoms with van der Waals surface area (Å²) in [7, 11) is 0. The van der Waals surface area contributed by atoms with Crippen molar-refractivity contribution in [2.45, 2.75) is 24.7 Å². The van der Waals surface area contributed by atoms with Crippen LogP contribution in [0.2, 0.25) is 0 Å². The lowest BCUT2D eigenvalue weighted by Gasteiger charge is -2.38. The third kappa shape index (κ3) is 3.14. The number of benzene rings is 2. The van der Waals surface area contributed by atoms with Gasteiger partial charge in [-0.25, -0.2) is 0 Å². The van der Waals surface area contributed by atoms with E-state index < -0.39 is 28.9 Å². The van der Waals surface area contributed by atoms with Crippen molar-refractivity contribution in [3.8, 4) is 12.0 Å². The number of halogens is 6. The monoisotopic (exact) mass is 359 g/mol. The predicted molar refractivity (Wildman–Crippen MR) is 76.8 cm³/mol. The summed E-state index contributed by atoms with van der Waals surface area (Å²) in [6.07, 6.45) is -9.99. The van der Waals surface area contributed by atoms with Crippen molar-refractivity contribution in [2.24, 2.45) is 0 Å². The van der Waals surface area contributed by atoms with Crippen LogP contribution in [0.15, 0.2) is 48.5 Å². The van der Waals surface area contributed by atoms with Crippen LogP contribution in [0.1, 0.15) is 16.7 Å². The van der Waals surface area contributed by atoms with E-state index in [2.05, 4.69) is 4.74 Å². The van der Waals surface area contributed by atoms with Gasteiger partial charge in [0.1, 0.15) is 5.75 Å². The van der Waals surface area contributed by atoms with E-state index in [0.717, 1.165) is 24.3 Å². The first-order valence-electron chi connectivity index (χ1n) is 6.91. The highest BCUT2D eigenvalue weighted by atomic mass is 19.4. The molecule has 0 N–H and O–H groups in total. The molecular weight excluding hydrogens is 348 g/mol. The molecule has 0 saturated carbocycles. The Balaban J connectivity index is 2.79. The maximum absolute atomic E-state index is 13.8. The first-order valence-corrected chi connectivity index (χ1v) is 6.91. The highest BCUT2D eigenvalue weighted by Crippen LogP contribution is 2.56. The molecule has 0 heterocycles. The lowest BCUT2D eigenvalue weighted by atomic mass is 9.72. The van der Waals surface area contributed by atoms with E-state index in [4.69, 9.17) is 5.26 Å². The molecule has 0 bridgehead atoms. The Labute approximate surface area is 139 Å². The van der Waals surface area contributed by atoms with Crippen molar-refractivity contribution < 1.29 is 31.1 Å². The summed E-state index contributed by atoms with van der Waals surface area (Å²) < 4.78 is 87.1. The molecule has 25 heavy (non-hydrogen) atoms.